The third-order valence-electron chi connectivity index (χ3n) is 4.33. The summed E-state index contributed by atoms with van der Waals surface area (Å²) in [5.74, 6) is 3.24. The number of aromatic amines is 1. The number of hydrogen-bond donors (Lipinski definition) is 2. The van der Waals surface area contributed by atoms with E-state index in [9.17, 15) is 0 Å². The lowest BCUT2D eigenvalue weighted by Crippen LogP contribution is -2.26. The highest BCUT2D eigenvalue weighted by Crippen LogP contribution is 2.30. The van der Waals surface area contributed by atoms with E-state index in [1.807, 2.05) is 43.1 Å². The van der Waals surface area contributed by atoms with Crippen molar-refractivity contribution in [2.24, 2.45) is 0 Å². The summed E-state index contributed by atoms with van der Waals surface area (Å²) in [5, 5.41) is 5.29. The van der Waals surface area contributed by atoms with Crippen molar-refractivity contribution < 1.29 is 0 Å². The van der Waals surface area contributed by atoms with Gasteiger partial charge in [-0.3, -0.25) is 4.98 Å². The Morgan fingerprint density at radius 2 is 2.29 bits per heavy atom. The number of H-pyrrole nitrogens is 1. The van der Waals surface area contributed by atoms with Crippen molar-refractivity contribution in [1.29, 1.82) is 0 Å². The second-order valence-corrected chi connectivity index (χ2v) is 7.69. The van der Waals surface area contributed by atoms with Gasteiger partial charge in [0.25, 0.3) is 0 Å². The minimum absolute atomic E-state index is 0.478. The molecule has 0 saturated carbocycles. The van der Waals surface area contributed by atoms with Gasteiger partial charge in [0.1, 0.15) is 11.5 Å². The molecule has 24 heavy (non-hydrogen) atoms. The number of hydrogen-bond acceptors (Lipinski definition) is 4. The molecule has 6 heteroatoms. The van der Waals surface area contributed by atoms with Crippen LogP contribution in [-0.4, -0.2) is 32.5 Å². The van der Waals surface area contributed by atoms with Crippen molar-refractivity contribution in [3.8, 4) is 11.4 Å². The van der Waals surface area contributed by atoms with Crippen LogP contribution in [0.4, 0.5) is 5.82 Å². The molecule has 1 aromatic carbocycles. The van der Waals surface area contributed by atoms with Crippen LogP contribution in [0, 0.1) is 6.92 Å². The Morgan fingerprint density at radius 3 is 3.08 bits per heavy atom. The predicted molar refractivity (Wildman–Crippen MR) is 103 cm³/mol. The van der Waals surface area contributed by atoms with E-state index >= 15 is 0 Å². The molecule has 124 valence electrons. The maximum Gasteiger partial charge on any atom is 0.145 e. The van der Waals surface area contributed by atoms with Crippen LogP contribution in [0.5, 0.6) is 0 Å². The van der Waals surface area contributed by atoms with Crippen molar-refractivity contribution in [3.05, 3.63) is 41.2 Å². The molecule has 2 N–H and O–H groups in total. The number of aromatic nitrogens is 3. The van der Waals surface area contributed by atoms with Crippen LogP contribution >= 0.6 is 23.4 Å². The molecule has 1 saturated heterocycles. The first-order valence-corrected chi connectivity index (χ1v) is 9.69. The first-order chi connectivity index (χ1) is 11.7. The van der Waals surface area contributed by atoms with Crippen LogP contribution < -0.4 is 5.32 Å². The molecule has 1 aliphatic heterocycles. The van der Waals surface area contributed by atoms with E-state index in [0.717, 1.165) is 44.6 Å². The molecule has 1 fully saturated rings. The van der Waals surface area contributed by atoms with Crippen LogP contribution in [0.2, 0.25) is 5.02 Å². The Hall–Kier alpha value is -1.72. The first kappa shape index (κ1) is 15.8. The van der Waals surface area contributed by atoms with Gasteiger partial charge in [0.2, 0.25) is 0 Å². The topological polar surface area (TPSA) is 53.6 Å². The van der Waals surface area contributed by atoms with Crippen LogP contribution in [0.15, 0.2) is 30.5 Å². The summed E-state index contributed by atoms with van der Waals surface area (Å²) in [6.45, 7) is 1.98. The Bertz CT molecular complexity index is 871. The second-order valence-electron chi connectivity index (χ2n) is 6.13. The average Bonchev–Trinajstić information content (AvgIpc) is 3.03. The molecule has 0 spiro atoms. The average molecular weight is 359 g/mol. The van der Waals surface area contributed by atoms with Gasteiger partial charge in [-0.25, -0.2) is 4.98 Å². The highest BCUT2D eigenvalue weighted by atomic mass is 35.5. The van der Waals surface area contributed by atoms with E-state index < -0.39 is 0 Å². The van der Waals surface area contributed by atoms with Crippen LogP contribution in [0.3, 0.4) is 0 Å². The highest BCUT2D eigenvalue weighted by Gasteiger charge is 2.16. The fraction of sp³-hybridized carbons (Fsp3) is 0.333. The van der Waals surface area contributed by atoms with Gasteiger partial charge in [-0.15, -0.1) is 0 Å². The van der Waals surface area contributed by atoms with Crippen molar-refractivity contribution in [2.45, 2.75) is 25.8 Å². The Labute approximate surface area is 150 Å². The number of rotatable bonds is 3. The molecule has 0 amide bonds. The summed E-state index contributed by atoms with van der Waals surface area (Å²) in [7, 11) is 0. The van der Waals surface area contributed by atoms with E-state index in [4.69, 9.17) is 16.6 Å². The van der Waals surface area contributed by atoms with Gasteiger partial charge in [0.15, 0.2) is 0 Å². The molecule has 4 rings (SSSR count). The van der Waals surface area contributed by atoms with Crippen LogP contribution in [0.1, 0.15) is 18.5 Å². The molecule has 0 unspecified atom stereocenters. The Kier molecular flexibility index (Phi) is 4.37. The molecular weight excluding hydrogens is 340 g/mol. The zero-order valence-electron chi connectivity index (χ0n) is 13.5. The maximum absolute atomic E-state index is 6.29. The van der Waals surface area contributed by atoms with Gasteiger partial charge < -0.3 is 10.3 Å². The molecule has 0 radical (unpaired) electrons. The number of nitrogens with zero attached hydrogens (tertiary/aromatic N) is 2. The Morgan fingerprint density at radius 1 is 1.38 bits per heavy atom. The molecular formula is C18H19ClN4S. The van der Waals surface area contributed by atoms with Gasteiger partial charge in [-0.05, 0) is 43.7 Å². The predicted octanol–water partition coefficient (Wildman–Crippen LogP) is 4.89. The number of benzene rings is 1. The number of anilines is 1. The summed E-state index contributed by atoms with van der Waals surface area (Å²) in [5.41, 5.74) is 3.74. The van der Waals surface area contributed by atoms with Gasteiger partial charge in [0, 0.05) is 27.7 Å². The summed E-state index contributed by atoms with van der Waals surface area (Å²) in [6.07, 6.45) is 4.28. The van der Waals surface area contributed by atoms with E-state index in [-0.39, 0.29) is 0 Å². The van der Waals surface area contributed by atoms with Gasteiger partial charge in [-0.1, -0.05) is 17.7 Å². The quantitative estimate of drug-likeness (QED) is 0.699. The molecule has 1 atom stereocenters. The molecule has 2 aromatic heterocycles. The summed E-state index contributed by atoms with van der Waals surface area (Å²) in [6, 6.07) is 8.40. The number of halogens is 1. The third kappa shape index (κ3) is 3.10. The molecule has 4 nitrogen and oxygen atoms in total. The number of fused-ring (bicyclic) bond motifs is 1. The van der Waals surface area contributed by atoms with Crippen molar-refractivity contribution >= 4 is 40.1 Å². The van der Waals surface area contributed by atoms with Gasteiger partial charge in [0.05, 0.1) is 17.6 Å². The molecule has 3 heterocycles. The van der Waals surface area contributed by atoms with Crippen LogP contribution in [0.25, 0.3) is 22.3 Å². The molecule has 0 bridgehead atoms. The number of nitrogens with one attached hydrogen (secondary N) is 2. The lowest BCUT2D eigenvalue weighted by Gasteiger charge is -2.23. The Balaban J connectivity index is 1.68. The standard InChI is InChI=1S/C18H19ClN4S/c1-11-18(16-8-13-14(19)5-2-6-15(13)22-16)23-17(9-20-11)21-12-4-3-7-24-10-12/h2,5-6,8-9,12,22H,3-4,7,10H2,1H3,(H,21,23)/t12-/m0/s1. The fourth-order valence-electron chi connectivity index (χ4n) is 3.08. The molecule has 0 aliphatic carbocycles. The zero-order chi connectivity index (χ0) is 16.5. The summed E-state index contributed by atoms with van der Waals surface area (Å²) in [4.78, 5) is 12.7. The van der Waals surface area contributed by atoms with Crippen molar-refractivity contribution in [3.63, 3.8) is 0 Å². The number of aryl methyl sites for hydroxylation is 1. The largest absolute Gasteiger partial charge is 0.365 e. The smallest absolute Gasteiger partial charge is 0.145 e. The lowest BCUT2D eigenvalue weighted by molar-refractivity contribution is 0.682. The lowest BCUT2D eigenvalue weighted by atomic mass is 10.2. The van der Waals surface area contributed by atoms with E-state index in [0.29, 0.717) is 6.04 Å². The minimum Gasteiger partial charge on any atom is -0.365 e. The first-order valence-electron chi connectivity index (χ1n) is 8.16. The summed E-state index contributed by atoms with van der Waals surface area (Å²) >= 11 is 8.29. The highest BCUT2D eigenvalue weighted by molar-refractivity contribution is 7.99. The van der Waals surface area contributed by atoms with Gasteiger partial charge in [-0.2, -0.15) is 11.8 Å². The normalized spacial score (nSPS) is 18.0. The molecule has 3 aromatic rings. The fourth-order valence-corrected chi connectivity index (χ4v) is 4.38. The summed E-state index contributed by atoms with van der Waals surface area (Å²) < 4.78 is 0. The monoisotopic (exact) mass is 358 g/mol. The van der Waals surface area contributed by atoms with Crippen molar-refractivity contribution in [2.75, 3.05) is 16.8 Å². The van der Waals surface area contributed by atoms with E-state index in [1.54, 1.807) is 0 Å². The van der Waals surface area contributed by atoms with E-state index in [2.05, 4.69) is 21.4 Å². The third-order valence-corrected chi connectivity index (χ3v) is 5.88. The molecule has 1 aliphatic rings. The maximum atomic E-state index is 6.29. The number of thioether (sulfide) groups is 1. The van der Waals surface area contributed by atoms with E-state index in [1.165, 1.54) is 18.6 Å². The van der Waals surface area contributed by atoms with Crippen LogP contribution in [-0.2, 0) is 0 Å². The SMILES string of the molecule is Cc1ncc(N[C@H]2CCCSC2)nc1-c1cc2c(Cl)cccc2[nH]1. The van der Waals surface area contributed by atoms with Gasteiger partial charge >= 0.3 is 0 Å². The van der Waals surface area contributed by atoms with Crippen molar-refractivity contribution in [1.82, 2.24) is 15.0 Å². The second kappa shape index (κ2) is 6.65. The minimum atomic E-state index is 0.478. The zero-order valence-corrected chi connectivity index (χ0v) is 15.0.